The molecule has 0 unspecified atom stereocenters. The Kier molecular flexibility index (Phi) is 14.6. The maximum absolute atomic E-state index is 11.3. The lowest BCUT2D eigenvalue weighted by atomic mass is 9.92. The highest BCUT2D eigenvalue weighted by Gasteiger charge is 2.25. The second kappa shape index (κ2) is 18.2. The van der Waals surface area contributed by atoms with Gasteiger partial charge in [-0.05, 0) is 59.4 Å². The van der Waals surface area contributed by atoms with E-state index >= 15 is 0 Å². The van der Waals surface area contributed by atoms with E-state index in [9.17, 15) is 9.90 Å². The molecule has 0 aliphatic carbocycles. The summed E-state index contributed by atoms with van der Waals surface area (Å²) in [7, 11) is 13.0. The number of ether oxygens (including phenoxy) is 4. The van der Waals surface area contributed by atoms with Crippen LogP contribution in [0.1, 0.15) is 33.4 Å². The van der Waals surface area contributed by atoms with Crippen LogP contribution in [0.5, 0.6) is 23.5 Å². The third kappa shape index (κ3) is 11.4. The average molecular weight is 758 g/mol. The molecule has 12 nitrogen and oxygen atoms in total. The summed E-state index contributed by atoms with van der Waals surface area (Å²) in [5.74, 6) is 0.503. The number of halogens is 2. The lowest BCUT2D eigenvalue weighted by molar-refractivity contribution is -0.896. The molecule has 2 heterocycles. The fourth-order valence-electron chi connectivity index (χ4n) is 5.72. The van der Waals surface area contributed by atoms with Gasteiger partial charge in [-0.25, -0.2) is 4.79 Å². The van der Waals surface area contributed by atoms with Crippen LogP contribution in [0.25, 0.3) is 11.1 Å². The highest BCUT2D eigenvalue weighted by Crippen LogP contribution is 2.35. The van der Waals surface area contributed by atoms with E-state index in [1.165, 1.54) is 7.11 Å². The molecule has 0 atom stereocenters. The lowest BCUT2D eigenvalue weighted by Crippen LogP contribution is -2.43. The Labute approximate surface area is 314 Å². The first-order chi connectivity index (χ1) is 24.4. The maximum atomic E-state index is 11.3. The zero-order valence-corrected chi connectivity index (χ0v) is 32.5. The molecule has 52 heavy (non-hydrogen) atoms. The Hall–Kier alpha value is -4.71. The first kappa shape index (κ1) is 41.7. The number of carboxylic acids is 1. The largest absolute Gasteiger partial charge is 0.481 e. The van der Waals surface area contributed by atoms with E-state index in [1.807, 2.05) is 44.4 Å². The normalized spacial score (nSPS) is 11.2. The smallest absolute Gasteiger partial charge is 0.373 e. The summed E-state index contributed by atoms with van der Waals surface area (Å²) in [4.78, 5) is 36.6. The monoisotopic (exact) mass is 756 g/mol. The van der Waals surface area contributed by atoms with Crippen molar-refractivity contribution in [3.05, 3.63) is 92.0 Å². The number of quaternary nitrogens is 2. The molecule has 0 radical (unpaired) electrons. The minimum Gasteiger partial charge on any atom is -0.481 e. The third-order valence-corrected chi connectivity index (χ3v) is 8.61. The van der Waals surface area contributed by atoms with Gasteiger partial charge in [0, 0.05) is 0 Å². The van der Waals surface area contributed by atoms with Gasteiger partial charge in [0.05, 0.1) is 60.6 Å². The molecule has 14 heteroatoms. The molecule has 2 aromatic carbocycles. The van der Waals surface area contributed by atoms with Gasteiger partial charge < -0.3 is 33.0 Å². The predicted octanol–water partition coefficient (Wildman–Crippen LogP) is 6.53. The van der Waals surface area contributed by atoms with Crippen LogP contribution in [0, 0.1) is 13.8 Å². The number of aromatic nitrogens is 2. The molecule has 0 aliphatic rings. The quantitative estimate of drug-likeness (QED) is 0.134. The Balaban J connectivity index is 0.00000235. The summed E-state index contributed by atoms with van der Waals surface area (Å²) in [5, 5.41) is 10.0. The summed E-state index contributed by atoms with van der Waals surface area (Å²) in [6.45, 7) is 5.66. The zero-order valence-electron chi connectivity index (χ0n) is 31.0. The van der Waals surface area contributed by atoms with Crippen molar-refractivity contribution >= 4 is 35.3 Å². The summed E-state index contributed by atoms with van der Waals surface area (Å²) in [5.41, 5.74) is 7.83. The van der Waals surface area contributed by atoms with Crippen LogP contribution < -0.4 is 18.9 Å². The van der Waals surface area contributed by atoms with Crippen molar-refractivity contribution in [2.24, 2.45) is 0 Å². The maximum Gasteiger partial charge on any atom is 0.373 e. The molecule has 4 aromatic rings. The Morgan fingerprint density at radius 2 is 1.12 bits per heavy atom. The summed E-state index contributed by atoms with van der Waals surface area (Å²) >= 11 is 13.2. The Morgan fingerprint density at radius 3 is 1.48 bits per heavy atom. The second-order valence-corrected chi connectivity index (χ2v) is 14.6. The van der Waals surface area contributed by atoms with E-state index < -0.39 is 5.97 Å². The number of rotatable bonds is 15. The van der Waals surface area contributed by atoms with Gasteiger partial charge in [-0.1, -0.05) is 59.6 Å². The summed E-state index contributed by atoms with van der Waals surface area (Å²) in [6, 6.07) is 15.8. The molecule has 0 saturated heterocycles. The van der Waals surface area contributed by atoms with Crippen LogP contribution in [-0.2, 0) is 40.7 Å². The first-order valence-electron chi connectivity index (χ1n) is 16.2. The van der Waals surface area contributed by atoms with Crippen molar-refractivity contribution < 1.29 is 47.4 Å². The topological polar surface area (TPSA) is 134 Å². The highest BCUT2D eigenvalue weighted by atomic mass is 35.5. The number of carboxylic acid groups (broad SMARTS) is 1. The Morgan fingerprint density at radius 1 is 0.712 bits per heavy atom. The number of carbonyl (C=O) groups excluding carboxylic acids is 2. The van der Waals surface area contributed by atoms with E-state index in [0.29, 0.717) is 50.8 Å². The molecule has 2 aromatic heterocycles. The van der Waals surface area contributed by atoms with Crippen molar-refractivity contribution in [1.29, 1.82) is 0 Å². The van der Waals surface area contributed by atoms with Crippen molar-refractivity contribution in [2.75, 3.05) is 56.0 Å². The number of hydrogen-bond donors (Lipinski definition) is 1. The van der Waals surface area contributed by atoms with E-state index in [0.717, 1.165) is 38.9 Å². The number of methoxy groups -OCH3 is 2. The van der Waals surface area contributed by atoms with Crippen molar-refractivity contribution in [3.8, 4) is 34.6 Å². The number of hydrogen-bond acceptors (Lipinski definition) is 9. The van der Waals surface area contributed by atoms with Gasteiger partial charge in [-0.2, -0.15) is 19.6 Å². The van der Waals surface area contributed by atoms with Gasteiger partial charge in [0.2, 0.25) is 23.5 Å². The van der Waals surface area contributed by atoms with Gasteiger partial charge in [-0.15, -0.1) is 0 Å². The molecule has 0 aliphatic heterocycles. The van der Waals surface area contributed by atoms with Crippen LogP contribution in [0.2, 0.25) is 10.0 Å². The number of nitrogens with zero attached hydrogens (tertiary/aromatic N) is 4. The summed E-state index contributed by atoms with van der Waals surface area (Å²) < 4.78 is 24.2. The SMILES string of the molecule is COc1nc(OCc2cccc(-c3cccc(COc4nc(OC)c(C[N+](C)(C)CC(=O)O)cc4Cl)c3C)c2C)c(Cl)cc1C[N+](C)(C)C.O=C=O. The molecule has 4 rings (SSSR count). The Bertz CT molecular complexity index is 1920. The van der Waals surface area contributed by atoms with Crippen molar-refractivity contribution in [3.63, 3.8) is 0 Å². The number of benzene rings is 2. The van der Waals surface area contributed by atoms with Gasteiger partial charge >= 0.3 is 12.1 Å². The number of carbonyl (C=O) groups is 1. The number of aliphatic carboxylic acids is 1. The van der Waals surface area contributed by atoms with Gasteiger partial charge in [-0.3, -0.25) is 0 Å². The third-order valence-electron chi connectivity index (χ3n) is 8.07. The fraction of sp³-hybridized carbons (Fsp3) is 0.368. The standard InChI is InChI=1S/C37H45Cl2N4O6.CO2/c1-23-25(21-48-36-31(38)16-27(18-42(3,4)5)34(40-36)46-8)12-10-14-29(23)30-15-11-13-26(24(30)2)22-49-37-32(39)17-28(35(41-37)47-9)19-43(6,7)20-33(44)45;2-1-3/h10-17H,18-22H2,1-9H3;/q+1;/p+1. The molecule has 0 saturated carbocycles. The first-order valence-corrected chi connectivity index (χ1v) is 16.9. The molecule has 0 amide bonds. The average Bonchev–Trinajstić information content (AvgIpc) is 3.04. The molecular formula is C38H46Cl2N4O8+2. The fourth-order valence-corrected chi connectivity index (χ4v) is 6.18. The molecule has 0 fully saturated rings. The van der Waals surface area contributed by atoms with Crippen LogP contribution >= 0.6 is 23.2 Å². The number of pyridine rings is 2. The minimum atomic E-state index is -0.893. The minimum absolute atomic E-state index is 0.0595. The lowest BCUT2D eigenvalue weighted by Gasteiger charge is -2.28. The van der Waals surface area contributed by atoms with Gasteiger partial charge in [0.1, 0.15) is 36.3 Å². The molecular weight excluding hydrogens is 711 g/mol. The van der Waals surface area contributed by atoms with E-state index in [4.69, 9.17) is 51.7 Å². The predicted molar refractivity (Wildman–Crippen MR) is 197 cm³/mol. The second-order valence-electron chi connectivity index (χ2n) is 13.8. The molecule has 278 valence electrons. The van der Waals surface area contributed by atoms with E-state index in [1.54, 1.807) is 13.2 Å². The van der Waals surface area contributed by atoms with E-state index in [2.05, 4.69) is 57.1 Å². The molecule has 1 N–H and O–H groups in total. The van der Waals surface area contributed by atoms with Gasteiger partial charge in [0.15, 0.2) is 6.54 Å². The van der Waals surface area contributed by atoms with Crippen LogP contribution in [-0.4, -0.2) is 92.2 Å². The number of likely N-dealkylation sites (N-methyl/N-ethyl adjacent to an activating group) is 1. The van der Waals surface area contributed by atoms with Crippen molar-refractivity contribution in [2.45, 2.75) is 40.2 Å². The van der Waals surface area contributed by atoms with Crippen molar-refractivity contribution in [1.82, 2.24) is 9.97 Å². The molecule has 0 spiro atoms. The zero-order chi connectivity index (χ0) is 38.8. The summed E-state index contributed by atoms with van der Waals surface area (Å²) in [6.07, 6.45) is 0.250. The van der Waals surface area contributed by atoms with Gasteiger partial charge in [0.25, 0.3) is 0 Å². The molecule has 0 bridgehead atoms. The van der Waals surface area contributed by atoms with Crippen LogP contribution in [0.15, 0.2) is 48.5 Å². The van der Waals surface area contributed by atoms with E-state index in [-0.39, 0.29) is 36.3 Å². The van der Waals surface area contributed by atoms with Crippen LogP contribution in [0.4, 0.5) is 0 Å². The highest BCUT2D eigenvalue weighted by molar-refractivity contribution is 6.32. The van der Waals surface area contributed by atoms with Crippen LogP contribution in [0.3, 0.4) is 0 Å².